The Balaban J connectivity index is 2.15. The van der Waals surface area contributed by atoms with Gasteiger partial charge in [-0.05, 0) is 64.7 Å². The molecule has 0 fully saturated rings. The van der Waals surface area contributed by atoms with E-state index < -0.39 is 0 Å². The van der Waals surface area contributed by atoms with E-state index in [9.17, 15) is 5.11 Å². The first-order chi connectivity index (χ1) is 13.0. The molecule has 148 valence electrons. The lowest BCUT2D eigenvalue weighted by molar-refractivity contribution is 0.238. The average Bonchev–Trinajstić information content (AvgIpc) is 2.65. The number of hydrogen-bond donors (Lipinski definition) is 2. The van der Waals surface area contributed by atoms with Crippen LogP contribution in [0.1, 0.15) is 31.4 Å². The molecule has 2 N–H and O–H groups in total. The number of nitrogens with one attached hydrogen (secondary N) is 1. The second-order valence-corrected chi connectivity index (χ2v) is 7.71. The van der Waals surface area contributed by atoms with E-state index in [-0.39, 0.29) is 12.6 Å². The van der Waals surface area contributed by atoms with E-state index in [0.717, 1.165) is 22.0 Å². The van der Waals surface area contributed by atoms with Crippen molar-refractivity contribution in [3.05, 3.63) is 56.0 Å². The third-order valence-corrected chi connectivity index (χ3v) is 5.37. The Morgan fingerprint density at radius 3 is 2.48 bits per heavy atom. The maximum atomic E-state index is 9.32. The first-order valence-electron chi connectivity index (χ1n) is 8.84. The van der Waals surface area contributed by atoms with E-state index in [1.54, 1.807) is 12.1 Å². The summed E-state index contributed by atoms with van der Waals surface area (Å²) in [7, 11) is 0. The second-order valence-electron chi connectivity index (χ2n) is 6.04. The fourth-order valence-corrected chi connectivity index (χ4v) is 3.44. The summed E-state index contributed by atoms with van der Waals surface area (Å²) in [6.45, 7) is 5.58. The van der Waals surface area contributed by atoms with Crippen molar-refractivity contribution in [2.75, 3.05) is 13.2 Å². The maximum Gasteiger partial charge on any atom is 0.175 e. The largest absolute Gasteiger partial charge is 0.490 e. The van der Waals surface area contributed by atoms with Gasteiger partial charge in [-0.2, -0.15) is 0 Å². The predicted octanol–water partition coefficient (Wildman–Crippen LogP) is 5.59. The van der Waals surface area contributed by atoms with Crippen LogP contribution in [-0.2, 0) is 13.2 Å². The predicted molar refractivity (Wildman–Crippen MR) is 114 cm³/mol. The molecule has 0 radical (unpaired) electrons. The lowest BCUT2D eigenvalue weighted by Crippen LogP contribution is -2.31. The van der Waals surface area contributed by atoms with Gasteiger partial charge in [0.25, 0.3) is 0 Å². The summed E-state index contributed by atoms with van der Waals surface area (Å²) in [6.07, 6.45) is 0.862. The van der Waals surface area contributed by atoms with Crippen LogP contribution < -0.4 is 14.8 Å². The number of aliphatic hydroxyl groups excluding tert-OH is 1. The van der Waals surface area contributed by atoms with Crippen LogP contribution in [0.25, 0.3) is 0 Å². The van der Waals surface area contributed by atoms with Crippen molar-refractivity contribution in [1.29, 1.82) is 0 Å². The molecule has 27 heavy (non-hydrogen) atoms. The number of benzene rings is 2. The molecular formula is C20H24BrCl2NO3. The van der Waals surface area contributed by atoms with E-state index in [2.05, 4.69) is 21.2 Å². The summed E-state index contributed by atoms with van der Waals surface area (Å²) in [5, 5.41) is 13.7. The van der Waals surface area contributed by atoms with Gasteiger partial charge in [0.1, 0.15) is 6.61 Å². The van der Waals surface area contributed by atoms with E-state index in [0.29, 0.717) is 41.3 Å². The summed E-state index contributed by atoms with van der Waals surface area (Å²) in [4.78, 5) is 0. The highest BCUT2D eigenvalue weighted by molar-refractivity contribution is 9.10. The van der Waals surface area contributed by atoms with Gasteiger partial charge in [0.15, 0.2) is 11.5 Å². The zero-order valence-corrected chi connectivity index (χ0v) is 18.5. The molecule has 0 amide bonds. The van der Waals surface area contributed by atoms with Gasteiger partial charge in [-0.3, -0.25) is 0 Å². The van der Waals surface area contributed by atoms with Crippen molar-refractivity contribution in [2.45, 2.75) is 39.5 Å². The number of halogens is 3. The Morgan fingerprint density at radius 1 is 1.07 bits per heavy atom. The van der Waals surface area contributed by atoms with Crippen LogP contribution in [0.15, 0.2) is 34.8 Å². The standard InChI is InChI=1S/C20H24BrCl2NO3/c1-3-15(11-25)24-10-14-7-16(21)20(19(9-14)26-4-2)27-12-13-5-6-17(22)18(23)8-13/h5-9,15,24-25H,3-4,10-12H2,1-2H3/t15-/m0/s1. The molecule has 2 aromatic carbocycles. The Kier molecular flexibility index (Phi) is 9.19. The molecule has 0 heterocycles. The molecule has 0 saturated heterocycles. The monoisotopic (exact) mass is 475 g/mol. The maximum absolute atomic E-state index is 9.32. The third-order valence-electron chi connectivity index (χ3n) is 4.04. The Morgan fingerprint density at radius 2 is 1.85 bits per heavy atom. The minimum absolute atomic E-state index is 0.0740. The van der Waals surface area contributed by atoms with Gasteiger partial charge < -0.3 is 19.9 Å². The Labute approximate surface area is 178 Å². The second kappa shape index (κ2) is 11.1. The summed E-state index contributed by atoms with van der Waals surface area (Å²) in [5.41, 5.74) is 1.96. The van der Waals surface area contributed by atoms with Gasteiger partial charge in [0.05, 0.1) is 27.7 Å². The summed E-state index contributed by atoms with van der Waals surface area (Å²) in [5.74, 6) is 1.31. The average molecular weight is 477 g/mol. The van der Waals surface area contributed by atoms with Crippen molar-refractivity contribution < 1.29 is 14.6 Å². The highest BCUT2D eigenvalue weighted by Gasteiger charge is 2.14. The van der Waals surface area contributed by atoms with Crippen LogP contribution in [0.5, 0.6) is 11.5 Å². The van der Waals surface area contributed by atoms with Gasteiger partial charge >= 0.3 is 0 Å². The summed E-state index contributed by atoms with van der Waals surface area (Å²) in [6, 6.07) is 9.43. The molecule has 2 aromatic rings. The van der Waals surface area contributed by atoms with Crippen LogP contribution in [0.2, 0.25) is 10.0 Å². The zero-order valence-electron chi connectivity index (χ0n) is 15.4. The van der Waals surface area contributed by atoms with Crippen molar-refractivity contribution in [3.63, 3.8) is 0 Å². The normalized spacial score (nSPS) is 12.1. The fraction of sp³-hybridized carbons (Fsp3) is 0.400. The van der Waals surface area contributed by atoms with E-state index in [1.165, 1.54) is 0 Å². The molecule has 7 heteroatoms. The van der Waals surface area contributed by atoms with Crippen LogP contribution >= 0.6 is 39.1 Å². The molecule has 2 rings (SSSR count). The first-order valence-corrected chi connectivity index (χ1v) is 10.4. The number of hydrogen-bond acceptors (Lipinski definition) is 4. The van der Waals surface area contributed by atoms with Gasteiger partial charge in [-0.15, -0.1) is 0 Å². The summed E-state index contributed by atoms with van der Waals surface area (Å²) >= 11 is 15.6. The molecule has 1 atom stereocenters. The molecule has 0 aliphatic heterocycles. The van der Waals surface area contributed by atoms with E-state index in [1.807, 2.05) is 32.0 Å². The van der Waals surface area contributed by atoms with Gasteiger partial charge in [0.2, 0.25) is 0 Å². The van der Waals surface area contributed by atoms with Crippen molar-refractivity contribution in [1.82, 2.24) is 5.32 Å². The molecule has 0 spiro atoms. The third kappa shape index (κ3) is 6.54. The molecule has 0 saturated carbocycles. The van der Waals surface area contributed by atoms with Crippen LogP contribution in [0, 0.1) is 0 Å². The number of aliphatic hydroxyl groups is 1. The quantitative estimate of drug-likeness (QED) is 0.469. The van der Waals surface area contributed by atoms with Crippen LogP contribution in [0.4, 0.5) is 0 Å². The van der Waals surface area contributed by atoms with E-state index in [4.69, 9.17) is 32.7 Å². The highest BCUT2D eigenvalue weighted by atomic mass is 79.9. The minimum Gasteiger partial charge on any atom is -0.490 e. The van der Waals surface area contributed by atoms with Crippen molar-refractivity contribution in [3.8, 4) is 11.5 Å². The molecular weight excluding hydrogens is 453 g/mol. The minimum atomic E-state index is 0.0740. The van der Waals surface area contributed by atoms with Crippen molar-refractivity contribution in [2.24, 2.45) is 0 Å². The van der Waals surface area contributed by atoms with Crippen molar-refractivity contribution >= 4 is 39.1 Å². The highest BCUT2D eigenvalue weighted by Crippen LogP contribution is 2.37. The van der Waals surface area contributed by atoms with Crippen LogP contribution in [0.3, 0.4) is 0 Å². The fourth-order valence-electron chi connectivity index (χ4n) is 2.51. The van der Waals surface area contributed by atoms with Gasteiger partial charge in [0, 0.05) is 12.6 Å². The topological polar surface area (TPSA) is 50.7 Å². The number of ether oxygens (including phenoxy) is 2. The Bertz CT molecular complexity index is 754. The lowest BCUT2D eigenvalue weighted by Gasteiger charge is -2.18. The lowest BCUT2D eigenvalue weighted by atomic mass is 10.1. The van der Waals surface area contributed by atoms with Crippen LogP contribution in [-0.4, -0.2) is 24.4 Å². The smallest absolute Gasteiger partial charge is 0.175 e. The molecule has 0 unspecified atom stereocenters. The molecule has 4 nitrogen and oxygen atoms in total. The molecule has 0 aliphatic carbocycles. The molecule has 0 aromatic heterocycles. The zero-order chi connectivity index (χ0) is 19.8. The first kappa shape index (κ1) is 22.3. The summed E-state index contributed by atoms with van der Waals surface area (Å²) < 4.78 is 12.6. The molecule has 0 aliphatic rings. The Hall–Kier alpha value is -0.980. The van der Waals surface area contributed by atoms with Gasteiger partial charge in [-0.1, -0.05) is 36.2 Å². The molecule has 0 bridgehead atoms. The van der Waals surface area contributed by atoms with E-state index >= 15 is 0 Å². The van der Waals surface area contributed by atoms with Gasteiger partial charge in [-0.25, -0.2) is 0 Å². The number of rotatable bonds is 10. The SMILES string of the molecule is CCOc1cc(CN[C@@H](CC)CO)cc(Br)c1OCc1ccc(Cl)c(Cl)c1.